The van der Waals surface area contributed by atoms with Crippen molar-refractivity contribution in [2.75, 3.05) is 7.11 Å². The summed E-state index contributed by atoms with van der Waals surface area (Å²) in [5.41, 5.74) is 0.910. The normalized spacial score (nSPS) is 9.25. The zero-order chi connectivity index (χ0) is 5.98. The van der Waals surface area contributed by atoms with Gasteiger partial charge in [-0.3, -0.25) is 5.10 Å². The Bertz CT molecular complexity index is 171. The van der Waals surface area contributed by atoms with Crippen molar-refractivity contribution < 1.29 is 4.74 Å². The molecule has 0 saturated carbocycles. The maximum absolute atomic E-state index is 4.81. The van der Waals surface area contributed by atoms with Crippen LogP contribution in [-0.2, 0) is 0 Å². The summed E-state index contributed by atoms with van der Waals surface area (Å²) in [6, 6.07) is 0. The molecule has 8 heavy (non-hydrogen) atoms. The highest BCUT2D eigenvalue weighted by molar-refractivity contribution is 5.18. The Labute approximate surface area is 47.7 Å². The smallest absolute Gasteiger partial charge is 0.235 e. The van der Waals surface area contributed by atoms with Gasteiger partial charge in [-0.1, -0.05) is 0 Å². The van der Waals surface area contributed by atoms with E-state index in [1.54, 1.807) is 7.11 Å². The molecule has 0 atom stereocenters. The van der Waals surface area contributed by atoms with Crippen LogP contribution in [0.25, 0.3) is 0 Å². The molecule has 0 aliphatic carbocycles. The van der Waals surface area contributed by atoms with Crippen LogP contribution in [0.2, 0.25) is 0 Å². The first-order chi connectivity index (χ1) is 3.84. The standard InChI is InChI=1S/C5H7N2O/c1-4-3-6-7-5(4)8-2/h1-2H3,(H,6,7). The molecule has 1 radical (unpaired) electrons. The zero-order valence-corrected chi connectivity index (χ0v) is 4.86. The quantitative estimate of drug-likeness (QED) is 0.574. The third-order valence-electron chi connectivity index (χ3n) is 0.915. The molecule has 0 bridgehead atoms. The van der Waals surface area contributed by atoms with E-state index in [9.17, 15) is 0 Å². The van der Waals surface area contributed by atoms with Crippen LogP contribution in [0.4, 0.5) is 0 Å². The topological polar surface area (TPSA) is 37.9 Å². The van der Waals surface area contributed by atoms with E-state index < -0.39 is 0 Å². The van der Waals surface area contributed by atoms with Gasteiger partial charge in [0.05, 0.1) is 13.3 Å². The summed E-state index contributed by atoms with van der Waals surface area (Å²) in [4.78, 5) is 0. The van der Waals surface area contributed by atoms with Gasteiger partial charge in [-0.05, 0) is 6.92 Å². The minimum Gasteiger partial charge on any atom is -0.480 e. The summed E-state index contributed by atoms with van der Waals surface area (Å²) < 4.78 is 4.81. The third-order valence-corrected chi connectivity index (χ3v) is 0.915. The van der Waals surface area contributed by atoms with Crippen LogP contribution in [0.1, 0.15) is 5.56 Å². The molecule has 0 amide bonds. The van der Waals surface area contributed by atoms with Crippen molar-refractivity contribution >= 4 is 0 Å². The molecule has 0 aliphatic rings. The molecule has 43 valence electrons. The van der Waals surface area contributed by atoms with Gasteiger partial charge in [-0.15, -0.1) is 5.10 Å². The van der Waals surface area contributed by atoms with Crippen LogP contribution >= 0.6 is 0 Å². The van der Waals surface area contributed by atoms with Crippen LogP contribution in [0, 0.1) is 13.1 Å². The molecule has 1 rings (SSSR count). The van der Waals surface area contributed by atoms with Gasteiger partial charge < -0.3 is 4.74 Å². The molecule has 1 aromatic heterocycles. The molecule has 0 fully saturated rings. The van der Waals surface area contributed by atoms with E-state index in [4.69, 9.17) is 4.74 Å². The number of ether oxygens (including phenoxy) is 1. The first-order valence-corrected chi connectivity index (χ1v) is 2.31. The van der Waals surface area contributed by atoms with E-state index >= 15 is 0 Å². The van der Waals surface area contributed by atoms with Gasteiger partial charge in [-0.25, -0.2) is 0 Å². The molecule has 1 aromatic rings. The van der Waals surface area contributed by atoms with E-state index in [-0.39, 0.29) is 0 Å². The van der Waals surface area contributed by atoms with Gasteiger partial charge in [0.1, 0.15) is 0 Å². The number of hydrogen-bond donors (Lipinski definition) is 1. The van der Waals surface area contributed by atoms with Gasteiger partial charge in [-0.2, -0.15) is 0 Å². The minimum atomic E-state index is 0.616. The first-order valence-electron chi connectivity index (χ1n) is 2.31. The number of rotatable bonds is 1. The molecule has 3 heteroatoms. The Kier molecular flexibility index (Phi) is 1.20. The van der Waals surface area contributed by atoms with E-state index in [1.165, 1.54) is 0 Å². The van der Waals surface area contributed by atoms with Crippen molar-refractivity contribution in [2.45, 2.75) is 6.92 Å². The van der Waals surface area contributed by atoms with Crippen molar-refractivity contribution in [3.8, 4) is 5.88 Å². The lowest BCUT2D eigenvalue weighted by atomic mass is 10.4. The monoisotopic (exact) mass is 111 g/mol. The number of hydrogen-bond acceptors (Lipinski definition) is 2. The van der Waals surface area contributed by atoms with Crippen LogP contribution in [0.15, 0.2) is 0 Å². The SMILES string of the molecule is COc1n[nH][c]c1C. The van der Waals surface area contributed by atoms with Crippen LogP contribution in [-0.4, -0.2) is 17.3 Å². The second-order valence-corrected chi connectivity index (χ2v) is 1.48. The average molecular weight is 111 g/mol. The maximum atomic E-state index is 4.81. The predicted octanol–water partition coefficient (Wildman–Crippen LogP) is 0.527. The number of aromatic amines is 1. The molecule has 1 heterocycles. The highest BCUT2D eigenvalue weighted by Gasteiger charge is 1.96. The summed E-state index contributed by atoms with van der Waals surface area (Å²) >= 11 is 0. The fourth-order valence-electron chi connectivity index (χ4n) is 0.499. The van der Waals surface area contributed by atoms with Gasteiger partial charge >= 0.3 is 0 Å². The molecule has 3 nitrogen and oxygen atoms in total. The van der Waals surface area contributed by atoms with Crippen LogP contribution < -0.4 is 4.74 Å². The van der Waals surface area contributed by atoms with Crippen molar-refractivity contribution in [2.24, 2.45) is 0 Å². The lowest BCUT2D eigenvalue weighted by Gasteiger charge is -1.89. The molecular weight excluding hydrogens is 104 g/mol. The maximum Gasteiger partial charge on any atom is 0.235 e. The second-order valence-electron chi connectivity index (χ2n) is 1.48. The number of aromatic nitrogens is 2. The lowest BCUT2D eigenvalue weighted by molar-refractivity contribution is 0.394. The number of nitrogens with zero attached hydrogens (tertiary/aromatic N) is 1. The van der Waals surface area contributed by atoms with Crippen LogP contribution in [0.5, 0.6) is 5.88 Å². The minimum absolute atomic E-state index is 0.616. The molecular formula is C5H7N2O. The largest absolute Gasteiger partial charge is 0.480 e. The van der Waals surface area contributed by atoms with E-state index in [1.807, 2.05) is 6.92 Å². The molecule has 0 unspecified atom stereocenters. The molecule has 1 N–H and O–H groups in total. The second kappa shape index (κ2) is 1.86. The number of methoxy groups -OCH3 is 1. The Hall–Kier alpha value is -0.990. The number of nitrogens with one attached hydrogen (secondary N) is 1. The Morgan fingerprint density at radius 1 is 1.75 bits per heavy atom. The van der Waals surface area contributed by atoms with Gasteiger partial charge in [0.15, 0.2) is 0 Å². The average Bonchev–Trinajstić information content (AvgIpc) is 2.14. The Balaban J connectivity index is 2.92. The number of aryl methyl sites for hydroxylation is 1. The van der Waals surface area contributed by atoms with Crippen molar-refractivity contribution in [3.63, 3.8) is 0 Å². The number of H-pyrrole nitrogens is 1. The van der Waals surface area contributed by atoms with Gasteiger partial charge in [0, 0.05) is 5.56 Å². The van der Waals surface area contributed by atoms with Gasteiger partial charge in [0.2, 0.25) is 5.88 Å². The summed E-state index contributed by atoms with van der Waals surface area (Å²) in [6.07, 6.45) is 2.76. The molecule has 0 saturated heterocycles. The summed E-state index contributed by atoms with van der Waals surface area (Å²) in [5, 5.41) is 6.28. The van der Waals surface area contributed by atoms with E-state index in [2.05, 4.69) is 16.4 Å². The van der Waals surface area contributed by atoms with Crippen molar-refractivity contribution in [1.82, 2.24) is 10.2 Å². The van der Waals surface area contributed by atoms with Crippen LogP contribution in [0.3, 0.4) is 0 Å². The molecule has 0 aromatic carbocycles. The summed E-state index contributed by atoms with van der Waals surface area (Å²) in [5.74, 6) is 0.616. The summed E-state index contributed by atoms with van der Waals surface area (Å²) in [7, 11) is 1.58. The molecule has 0 aliphatic heterocycles. The van der Waals surface area contributed by atoms with Gasteiger partial charge in [0.25, 0.3) is 0 Å². The Morgan fingerprint density at radius 2 is 2.50 bits per heavy atom. The van der Waals surface area contributed by atoms with Crippen molar-refractivity contribution in [3.05, 3.63) is 11.8 Å². The molecule has 0 spiro atoms. The highest BCUT2D eigenvalue weighted by atomic mass is 16.5. The Morgan fingerprint density at radius 3 is 2.75 bits per heavy atom. The lowest BCUT2D eigenvalue weighted by Crippen LogP contribution is -1.83. The fourth-order valence-corrected chi connectivity index (χ4v) is 0.499. The first kappa shape index (κ1) is 5.15. The highest BCUT2D eigenvalue weighted by Crippen LogP contribution is 2.08. The third kappa shape index (κ3) is 0.665. The van der Waals surface area contributed by atoms with E-state index in [0.29, 0.717) is 5.88 Å². The van der Waals surface area contributed by atoms with E-state index in [0.717, 1.165) is 5.56 Å². The fraction of sp³-hybridized carbons (Fsp3) is 0.400. The summed E-state index contributed by atoms with van der Waals surface area (Å²) in [6.45, 7) is 1.88. The van der Waals surface area contributed by atoms with Crippen molar-refractivity contribution in [1.29, 1.82) is 0 Å². The predicted molar refractivity (Wildman–Crippen MR) is 28.7 cm³/mol. The zero-order valence-electron chi connectivity index (χ0n) is 4.86.